The van der Waals surface area contributed by atoms with E-state index in [1.807, 2.05) is 7.05 Å². The third-order valence-electron chi connectivity index (χ3n) is 4.58. The molecule has 1 aliphatic rings. The molecule has 4 heteroatoms. The average molecular weight is 289 g/mol. The molecule has 20 heavy (non-hydrogen) atoms. The molecule has 2 atom stereocenters. The highest BCUT2D eigenvalue weighted by molar-refractivity contribution is 7.18. The highest BCUT2D eigenvalue weighted by Crippen LogP contribution is 2.38. The Morgan fingerprint density at radius 3 is 2.70 bits per heavy atom. The summed E-state index contributed by atoms with van der Waals surface area (Å²) < 4.78 is 0. The minimum absolute atomic E-state index is 0.540. The molecule has 0 aliphatic heterocycles. The summed E-state index contributed by atoms with van der Waals surface area (Å²) >= 11 is 1.80. The molecule has 2 aromatic heterocycles. The van der Waals surface area contributed by atoms with Crippen molar-refractivity contribution in [3.05, 3.63) is 16.3 Å². The summed E-state index contributed by atoms with van der Waals surface area (Å²) in [5.74, 6) is 3.40. The van der Waals surface area contributed by atoms with E-state index in [1.165, 1.54) is 41.5 Å². The number of hydrogen-bond acceptors (Lipinski definition) is 4. The van der Waals surface area contributed by atoms with Crippen LogP contribution < -0.4 is 5.32 Å². The van der Waals surface area contributed by atoms with Gasteiger partial charge >= 0.3 is 0 Å². The molecule has 0 saturated heterocycles. The lowest BCUT2D eigenvalue weighted by Gasteiger charge is -2.25. The Hall–Kier alpha value is -1.16. The van der Waals surface area contributed by atoms with Gasteiger partial charge in [-0.15, -0.1) is 11.3 Å². The SMILES string of the molecule is CNc1nc(C2CCCC(C)C2)nc2sc(C)c(C)c12. The van der Waals surface area contributed by atoms with E-state index >= 15 is 0 Å². The van der Waals surface area contributed by atoms with Crippen molar-refractivity contribution in [3.63, 3.8) is 0 Å². The molecule has 108 valence electrons. The number of aryl methyl sites for hydroxylation is 2. The maximum absolute atomic E-state index is 4.89. The highest BCUT2D eigenvalue weighted by atomic mass is 32.1. The Balaban J connectivity index is 2.08. The predicted octanol–water partition coefficient (Wildman–Crippen LogP) is 4.64. The Bertz CT molecular complexity index is 632. The van der Waals surface area contributed by atoms with Gasteiger partial charge in [-0.2, -0.15) is 0 Å². The molecule has 0 radical (unpaired) electrons. The van der Waals surface area contributed by atoms with Crippen molar-refractivity contribution >= 4 is 27.4 Å². The molecule has 2 heterocycles. The van der Waals surface area contributed by atoms with Gasteiger partial charge in [-0.1, -0.05) is 19.8 Å². The summed E-state index contributed by atoms with van der Waals surface area (Å²) in [4.78, 5) is 12.2. The van der Waals surface area contributed by atoms with Gasteiger partial charge in [-0.25, -0.2) is 9.97 Å². The van der Waals surface area contributed by atoms with Gasteiger partial charge in [0.15, 0.2) is 0 Å². The van der Waals surface area contributed by atoms with Crippen LogP contribution >= 0.6 is 11.3 Å². The first-order valence-electron chi connectivity index (χ1n) is 7.55. The number of anilines is 1. The molecular weight excluding hydrogens is 266 g/mol. The van der Waals surface area contributed by atoms with Crippen molar-refractivity contribution in [1.82, 2.24) is 9.97 Å². The first-order valence-corrected chi connectivity index (χ1v) is 8.37. The van der Waals surface area contributed by atoms with Gasteiger partial charge in [0, 0.05) is 17.8 Å². The number of aromatic nitrogens is 2. The van der Waals surface area contributed by atoms with Crippen LogP contribution in [0.5, 0.6) is 0 Å². The topological polar surface area (TPSA) is 37.8 Å². The Morgan fingerprint density at radius 2 is 2.00 bits per heavy atom. The Morgan fingerprint density at radius 1 is 1.20 bits per heavy atom. The molecule has 1 saturated carbocycles. The fourth-order valence-electron chi connectivity index (χ4n) is 3.30. The maximum Gasteiger partial charge on any atom is 0.138 e. The van der Waals surface area contributed by atoms with Crippen LogP contribution in [0.2, 0.25) is 0 Å². The van der Waals surface area contributed by atoms with Gasteiger partial charge in [-0.05, 0) is 38.2 Å². The van der Waals surface area contributed by atoms with Gasteiger partial charge in [0.1, 0.15) is 16.5 Å². The average Bonchev–Trinajstić information content (AvgIpc) is 2.73. The summed E-state index contributed by atoms with van der Waals surface area (Å²) in [6.45, 7) is 6.69. The lowest BCUT2D eigenvalue weighted by atomic mass is 9.82. The van der Waals surface area contributed by atoms with E-state index in [2.05, 4.69) is 26.1 Å². The molecule has 2 aromatic rings. The van der Waals surface area contributed by atoms with Crippen LogP contribution in [0.15, 0.2) is 0 Å². The zero-order valence-corrected chi connectivity index (χ0v) is 13.6. The summed E-state index contributed by atoms with van der Waals surface area (Å²) in [6, 6.07) is 0. The molecule has 3 nitrogen and oxygen atoms in total. The van der Waals surface area contributed by atoms with Crippen molar-refractivity contribution in [3.8, 4) is 0 Å². The van der Waals surface area contributed by atoms with E-state index in [9.17, 15) is 0 Å². The van der Waals surface area contributed by atoms with Crippen LogP contribution in [0.25, 0.3) is 10.2 Å². The molecule has 0 amide bonds. The van der Waals surface area contributed by atoms with Crippen LogP contribution in [0.4, 0.5) is 5.82 Å². The minimum Gasteiger partial charge on any atom is -0.372 e. The van der Waals surface area contributed by atoms with Gasteiger partial charge in [-0.3, -0.25) is 0 Å². The lowest BCUT2D eigenvalue weighted by molar-refractivity contribution is 0.336. The van der Waals surface area contributed by atoms with E-state index in [0.717, 1.165) is 22.4 Å². The van der Waals surface area contributed by atoms with Crippen LogP contribution in [0.1, 0.15) is 54.8 Å². The number of nitrogens with one attached hydrogen (secondary N) is 1. The number of rotatable bonds is 2. The molecule has 0 aromatic carbocycles. The second kappa shape index (κ2) is 5.32. The molecule has 1 N–H and O–H groups in total. The largest absolute Gasteiger partial charge is 0.372 e. The fourth-order valence-corrected chi connectivity index (χ4v) is 4.33. The van der Waals surface area contributed by atoms with Crippen LogP contribution in [-0.2, 0) is 0 Å². The molecule has 3 rings (SSSR count). The van der Waals surface area contributed by atoms with E-state index in [-0.39, 0.29) is 0 Å². The van der Waals surface area contributed by atoms with E-state index in [0.29, 0.717) is 5.92 Å². The summed E-state index contributed by atoms with van der Waals surface area (Å²) in [5, 5.41) is 4.48. The van der Waals surface area contributed by atoms with Crippen molar-refractivity contribution < 1.29 is 0 Å². The zero-order chi connectivity index (χ0) is 14.3. The number of hydrogen-bond donors (Lipinski definition) is 1. The Kier molecular flexibility index (Phi) is 3.67. The van der Waals surface area contributed by atoms with Crippen LogP contribution in [0, 0.1) is 19.8 Å². The Labute approximate surface area is 124 Å². The van der Waals surface area contributed by atoms with Gasteiger partial charge in [0.25, 0.3) is 0 Å². The first kappa shape index (κ1) is 13.8. The zero-order valence-electron chi connectivity index (χ0n) is 12.8. The summed E-state index contributed by atoms with van der Waals surface area (Å²) in [5.41, 5.74) is 1.32. The monoisotopic (exact) mass is 289 g/mol. The first-order chi connectivity index (χ1) is 9.60. The quantitative estimate of drug-likeness (QED) is 0.875. The second-order valence-corrected chi connectivity index (χ2v) is 7.32. The number of fused-ring (bicyclic) bond motifs is 1. The standard InChI is InChI=1S/C16H23N3S/c1-9-6-5-7-12(8-9)14-18-15(17-4)13-10(2)11(3)20-16(13)19-14/h9,12H,5-8H2,1-4H3,(H,17,18,19). The highest BCUT2D eigenvalue weighted by Gasteiger charge is 2.24. The second-order valence-electron chi connectivity index (χ2n) is 6.11. The molecule has 1 fully saturated rings. The van der Waals surface area contributed by atoms with E-state index < -0.39 is 0 Å². The van der Waals surface area contributed by atoms with Gasteiger partial charge in [0.05, 0.1) is 5.39 Å². The molecule has 0 bridgehead atoms. The van der Waals surface area contributed by atoms with Crippen molar-refractivity contribution in [1.29, 1.82) is 0 Å². The normalized spacial score (nSPS) is 23.2. The number of thiophene rings is 1. The van der Waals surface area contributed by atoms with E-state index in [4.69, 9.17) is 9.97 Å². The minimum atomic E-state index is 0.540. The summed E-state index contributed by atoms with van der Waals surface area (Å²) in [7, 11) is 1.96. The predicted molar refractivity (Wildman–Crippen MR) is 86.8 cm³/mol. The van der Waals surface area contributed by atoms with Crippen LogP contribution in [-0.4, -0.2) is 17.0 Å². The maximum atomic E-state index is 4.89. The molecule has 1 aliphatic carbocycles. The van der Waals surface area contributed by atoms with Crippen molar-refractivity contribution in [2.45, 2.75) is 52.4 Å². The third-order valence-corrected chi connectivity index (χ3v) is 5.69. The molecule has 2 unspecified atom stereocenters. The molecule has 0 spiro atoms. The fraction of sp³-hybridized carbons (Fsp3) is 0.625. The van der Waals surface area contributed by atoms with Crippen molar-refractivity contribution in [2.75, 3.05) is 12.4 Å². The third kappa shape index (κ3) is 2.30. The smallest absolute Gasteiger partial charge is 0.138 e. The van der Waals surface area contributed by atoms with Crippen LogP contribution in [0.3, 0.4) is 0 Å². The van der Waals surface area contributed by atoms with E-state index in [1.54, 1.807) is 11.3 Å². The van der Waals surface area contributed by atoms with Crippen molar-refractivity contribution in [2.24, 2.45) is 5.92 Å². The number of nitrogens with zero attached hydrogens (tertiary/aromatic N) is 2. The molecular formula is C16H23N3S. The van der Waals surface area contributed by atoms with Gasteiger partial charge in [0.2, 0.25) is 0 Å². The lowest BCUT2D eigenvalue weighted by Crippen LogP contribution is -2.15. The van der Waals surface area contributed by atoms with Gasteiger partial charge < -0.3 is 5.32 Å². The summed E-state index contributed by atoms with van der Waals surface area (Å²) in [6.07, 6.45) is 5.14.